The van der Waals surface area contributed by atoms with Gasteiger partial charge in [-0.3, -0.25) is 23.3 Å². The van der Waals surface area contributed by atoms with Gasteiger partial charge < -0.3 is 173 Å². The van der Waals surface area contributed by atoms with Gasteiger partial charge in [-0.1, -0.05) is 45.9 Å². The van der Waals surface area contributed by atoms with Gasteiger partial charge in [-0.15, -0.1) is 24.7 Å². The predicted molar refractivity (Wildman–Crippen MR) is 522 cm³/mol. The zero-order valence-electron chi connectivity index (χ0n) is 84.3. The molecule has 4 rings (SSSR count). The number of hydrogen-bond acceptors (Lipinski definition) is 33. The first-order chi connectivity index (χ1) is 67.4. The summed E-state index contributed by atoms with van der Waals surface area (Å²) >= 11 is 0. The van der Waals surface area contributed by atoms with Crippen LogP contribution >= 0.6 is 22.8 Å². The zero-order chi connectivity index (χ0) is 103. The van der Waals surface area contributed by atoms with Crippen molar-refractivity contribution in [2.24, 2.45) is 10.8 Å². The molecule has 0 spiro atoms. The summed E-state index contributed by atoms with van der Waals surface area (Å²) in [4.78, 5) is 85.8. The lowest BCUT2D eigenvalue weighted by Gasteiger charge is -2.32. The second-order valence-electron chi connectivity index (χ2n) is 34.8. The van der Waals surface area contributed by atoms with Crippen LogP contribution in [-0.4, -0.2) is 370 Å². The molecule has 0 aliphatic carbocycles. The van der Waals surface area contributed by atoms with E-state index in [1.54, 1.807) is 64.8 Å². The number of methoxy groups -OCH3 is 4. The number of rotatable bonds is 91. The Morgan fingerprint density at radius 3 is 0.915 bits per heavy atom. The molecule has 0 aliphatic rings. The maximum Gasteiger partial charge on any atom is 0.329 e. The number of nitrogens with one attached hydrogen (secondary N) is 2. The number of amides is 2. The molecular formula is C97H157N2O39P3. The normalized spacial score (nSPS) is 12.7. The SMILES string of the molecule is C#CCCCOCC(C)(C)OCC(C)(C)COc1c(OCCOCCOCCOCCOC)cc(C(=O)NCCOc2ccc(CP(=O)(O)O)cc2)cc1OCCOCCOCCOCC(OC)C(COCCOCCOCCOc1cc(C(=O)NCCOc2cc(CP(=O)(O)O)cc(CP(=O)(O)O)c2)cc(OCCOCCOCCOCCOC)c1OCC(C)(C)COC(C)(C)COCCCC#C)OC. The molecular weight excluding hydrogens is 1910 g/mol. The van der Waals surface area contributed by atoms with E-state index >= 15 is 0 Å². The van der Waals surface area contributed by atoms with E-state index in [0.29, 0.717) is 110 Å². The Morgan fingerprint density at radius 1 is 0.326 bits per heavy atom. The number of ether oxygens (including phenoxy) is 28. The lowest BCUT2D eigenvalue weighted by molar-refractivity contribution is -0.109. The van der Waals surface area contributed by atoms with Crippen molar-refractivity contribution < 1.29 is 185 Å². The van der Waals surface area contributed by atoms with Crippen LogP contribution in [0.5, 0.6) is 46.0 Å². The summed E-state index contributed by atoms with van der Waals surface area (Å²) in [7, 11) is -7.16. The van der Waals surface area contributed by atoms with Gasteiger partial charge in [-0.25, -0.2) is 0 Å². The van der Waals surface area contributed by atoms with Gasteiger partial charge in [0.25, 0.3) is 11.8 Å². The van der Waals surface area contributed by atoms with Crippen molar-refractivity contribution in [1.82, 2.24) is 10.6 Å². The monoisotopic (exact) mass is 2070 g/mol. The average Bonchev–Trinajstić information content (AvgIpc) is 0.810. The molecule has 2 atom stereocenters. The molecule has 41 nitrogen and oxygen atoms in total. The van der Waals surface area contributed by atoms with Crippen LogP contribution in [0.15, 0.2) is 66.7 Å². The lowest BCUT2D eigenvalue weighted by atomic mass is 9.95. The highest BCUT2D eigenvalue weighted by Gasteiger charge is 2.32. The van der Waals surface area contributed by atoms with Gasteiger partial charge in [0.1, 0.15) is 63.3 Å². The minimum Gasteiger partial charge on any atom is -0.492 e. The lowest BCUT2D eigenvalue weighted by Crippen LogP contribution is -2.38. The zero-order valence-corrected chi connectivity index (χ0v) is 87.0. The third kappa shape index (κ3) is 63.2. The van der Waals surface area contributed by atoms with E-state index in [0.717, 1.165) is 12.8 Å². The van der Waals surface area contributed by atoms with E-state index < -0.39 is 87.3 Å². The minimum absolute atomic E-state index is 0.00590. The first kappa shape index (κ1) is 126. The van der Waals surface area contributed by atoms with Gasteiger partial charge in [-0.05, 0) is 106 Å². The fraction of sp³-hybridized carbons (Fsp3) is 0.691. The molecule has 4 aromatic carbocycles. The van der Waals surface area contributed by atoms with Gasteiger partial charge >= 0.3 is 22.8 Å². The van der Waals surface area contributed by atoms with E-state index in [4.69, 9.17) is 145 Å². The molecule has 0 aromatic heterocycles. The van der Waals surface area contributed by atoms with E-state index in [9.17, 15) is 52.6 Å². The molecule has 2 amide bonds. The smallest absolute Gasteiger partial charge is 0.329 e. The number of carbonyl (C=O) groups is 2. The minimum atomic E-state index is -4.59. The summed E-state index contributed by atoms with van der Waals surface area (Å²) in [6.07, 6.45) is 10.7. The molecule has 0 radical (unpaired) electrons. The van der Waals surface area contributed by atoms with Crippen molar-refractivity contribution >= 4 is 34.6 Å². The number of benzene rings is 4. The van der Waals surface area contributed by atoms with Gasteiger partial charge in [0.05, 0.1) is 254 Å². The molecule has 0 fully saturated rings. The molecule has 0 bridgehead atoms. The summed E-state index contributed by atoms with van der Waals surface area (Å²) in [5, 5.41) is 5.67. The number of carbonyl (C=O) groups excluding carboxylic acids is 2. The molecule has 0 heterocycles. The molecule has 0 aliphatic heterocycles. The van der Waals surface area contributed by atoms with Crippen LogP contribution in [0.4, 0.5) is 0 Å². The molecule has 0 saturated heterocycles. The topological polar surface area (TPSA) is 489 Å². The second-order valence-corrected chi connectivity index (χ2v) is 39.8. The Morgan fingerprint density at radius 2 is 0.617 bits per heavy atom. The fourth-order valence-corrected chi connectivity index (χ4v) is 14.2. The average molecular weight is 2070 g/mol. The van der Waals surface area contributed by atoms with Crippen molar-refractivity contribution in [1.29, 1.82) is 0 Å². The summed E-state index contributed by atoms with van der Waals surface area (Å²) in [5.41, 5.74) is -1.59. The summed E-state index contributed by atoms with van der Waals surface area (Å²) in [5.74, 6) is 5.74. The Hall–Kier alpha value is -7.01. The molecule has 0 saturated carbocycles. The Kier molecular flexibility index (Phi) is 65.5. The molecule has 4 aromatic rings. The van der Waals surface area contributed by atoms with Crippen molar-refractivity contribution in [3.63, 3.8) is 0 Å². The maximum absolute atomic E-state index is 14.2. The third-order valence-electron chi connectivity index (χ3n) is 19.4. The van der Waals surface area contributed by atoms with Crippen LogP contribution in [0.1, 0.15) is 118 Å². The molecule has 44 heteroatoms. The first-order valence-electron chi connectivity index (χ1n) is 47.0. The van der Waals surface area contributed by atoms with E-state index in [1.807, 2.05) is 55.4 Å². The van der Waals surface area contributed by atoms with Crippen LogP contribution in [-0.2, 0) is 127 Å². The predicted octanol–water partition coefficient (Wildman–Crippen LogP) is 9.34. The highest BCUT2D eigenvalue weighted by atomic mass is 31.2. The third-order valence-corrected chi connectivity index (χ3v) is 21.7. The first-order valence-corrected chi connectivity index (χ1v) is 52.4. The molecule has 2 unspecified atom stereocenters. The van der Waals surface area contributed by atoms with Gasteiger partial charge in [0.15, 0.2) is 23.0 Å². The summed E-state index contributed by atoms with van der Waals surface area (Å²) in [6.45, 7) is 25.0. The molecule has 8 N–H and O–H groups in total. The van der Waals surface area contributed by atoms with Crippen molar-refractivity contribution in [2.45, 2.75) is 123 Å². The highest BCUT2D eigenvalue weighted by molar-refractivity contribution is 7.51. The second kappa shape index (κ2) is 73.1. The van der Waals surface area contributed by atoms with E-state index in [-0.39, 0.29) is 254 Å². The van der Waals surface area contributed by atoms with Gasteiger partial charge in [-0.2, -0.15) is 0 Å². The largest absolute Gasteiger partial charge is 0.492 e. The van der Waals surface area contributed by atoms with Crippen molar-refractivity contribution in [3.05, 3.63) is 94.5 Å². The number of unbranched alkanes of at least 4 members (excludes halogenated alkanes) is 2. The number of terminal acetylenes is 2. The van der Waals surface area contributed by atoms with Gasteiger partial charge in [0, 0.05) is 76.5 Å². The summed E-state index contributed by atoms with van der Waals surface area (Å²) < 4.78 is 201. The molecule has 804 valence electrons. The Bertz CT molecular complexity index is 4200. The van der Waals surface area contributed by atoms with E-state index in [2.05, 4.69) is 22.5 Å². The molecule has 141 heavy (non-hydrogen) atoms. The van der Waals surface area contributed by atoms with Crippen molar-refractivity contribution in [3.8, 4) is 70.7 Å². The quantitative estimate of drug-likeness (QED) is 0.0116. The Labute approximate surface area is 831 Å². The fourth-order valence-electron chi connectivity index (χ4n) is 12.2. The van der Waals surface area contributed by atoms with Crippen LogP contribution in [0.2, 0.25) is 0 Å². The van der Waals surface area contributed by atoms with E-state index in [1.165, 1.54) is 30.3 Å². The number of hydrogen-bond donors (Lipinski definition) is 8. The van der Waals surface area contributed by atoms with Crippen LogP contribution < -0.4 is 48.5 Å². The summed E-state index contributed by atoms with van der Waals surface area (Å²) in [6, 6.07) is 16.4. The standard InChI is InChI=1S/C97H157N2O39P3/c1-15-17-19-27-127-75-96(7,8)137-73-94(3,4)71-135-90-84(131-55-51-121-43-39-117-37-35-115-33-31-111-11)62-80(92(100)98-25-29-129-82-23-21-77(22-24-82)68-139(102,103)104)63-85(90)133-57-53-123-45-41-119-47-49-125-66-88(113-13)89(114-14)67-126-50-48-120-42-46-124-54-58-134-87-65-81(93(101)99-26-30-130-83-60-78(69-140(105,106)107)59-79(61-83)70-141(108,109)110)64-86(132-56-52-122-44-40-118-38-36-116-34-32-112-12)91(87)136-72-95(5,6)74-138-97(9,10)76-128-28-20-18-16-2/h1-2,21-24,59-65,88-89H,17-20,25-58,66-76H2,3-14H3,(H,98,100)(H,99,101)(H2,102,103,104)(H2,105,106,107)(H2,108,109,110). The van der Waals surface area contributed by atoms with Crippen LogP contribution in [0, 0.1) is 35.5 Å². The van der Waals surface area contributed by atoms with Crippen LogP contribution in [0.25, 0.3) is 0 Å². The van der Waals surface area contributed by atoms with Crippen LogP contribution in [0.3, 0.4) is 0 Å². The van der Waals surface area contributed by atoms with Crippen molar-refractivity contribution in [2.75, 3.05) is 306 Å². The highest BCUT2D eigenvalue weighted by Crippen LogP contribution is 2.46. The Balaban J connectivity index is 1.35. The maximum atomic E-state index is 14.2. The van der Waals surface area contributed by atoms with Gasteiger partial charge in [0.2, 0.25) is 11.5 Å².